The van der Waals surface area contributed by atoms with Crippen molar-refractivity contribution in [1.29, 1.82) is 0 Å². The van der Waals surface area contributed by atoms with Crippen LogP contribution >= 0.6 is 12.2 Å². The first-order valence-electron chi connectivity index (χ1n) is 11.3. The second-order valence-corrected chi connectivity index (χ2v) is 8.81. The van der Waals surface area contributed by atoms with Crippen molar-refractivity contribution in [2.45, 2.75) is 33.7 Å². The lowest BCUT2D eigenvalue weighted by atomic mass is 9.94. The van der Waals surface area contributed by atoms with Gasteiger partial charge < -0.3 is 25.0 Å². The Morgan fingerprint density at radius 2 is 1.88 bits per heavy atom. The van der Waals surface area contributed by atoms with E-state index >= 15 is 0 Å². The molecule has 0 unspecified atom stereocenters. The first kappa shape index (κ1) is 25.2. The highest BCUT2D eigenvalue weighted by molar-refractivity contribution is 7.80. The van der Waals surface area contributed by atoms with E-state index in [1.165, 1.54) is 0 Å². The number of esters is 1. The molecule has 1 aliphatic rings. The van der Waals surface area contributed by atoms with E-state index in [4.69, 9.17) is 21.7 Å². The van der Waals surface area contributed by atoms with Gasteiger partial charge >= 0.3 is 5.97 Å². The average Bonchev–Trinajstić information content (AvgIpc) is 2.83. The number of carbonyl (C=O) groups excluding carboxylic acids is 2. The van der Waals surface area contributed by atoms with Crippen LogP contribution in [0.25, 0.3) is 0 Å². The maximum Gasteiger partial charge on any atom is 0.338 e. The van der Waals surface area contributed by atoms with Crippen molar-refractivity contribution in [3.8, 4) is 5.75 Å². The molecular formula is C26H31N3O4S. The van der Waals surface area contributed by atoms with E-state index in [1.54, 1.807) is 43.5 Å². The van der Waals surface area contributed by atoms with Gasteiger partial charge in [-0.2, -0.15) is 0 Å². The summed E-state index contributed by atoms with van der Waals surface area (Å²) in [5.41, 5.74) is 3.28. The van der Waals surface area contributed by atoms with E-state index in [2.05, 4.69) is 10.6 Å². The molecule has 1 aliphatic heterocycles. The summed E-state index contributed by atoms with van der Waals surface area (Å²) in [6.07, 6.45) is 0. The maximum atomic E-state index is 13.0. The summed E-state index contributed by atoms with van der Waals surface area (Å²) in [7, 11) is 1.56. The van der Waals surface area contributed by atoms with Gasteiger partial charge in [-0.05, 0) is 67.9 Å². The normalized spacial score (nSPS) is 15.8. The van der Waals surface area contributed by atoms with Crippen molar-refractivity contribution in [2.24, 2.45) is 5.92 Å². The van der Waals surface area contributed by atoms with Crippen LogP contribution in [0, 0.1) is 5.92 Å². The third-order valence-corrected chi connectivity index (χ3v) is 5.85. The molecule has 0 aromatic heterocycles. The number of hydrogen-bond donors (Lipinski definition) is 2. The molecule has 2 N–H and O–H groups in total. The summed E-state index contributed by atoms with van der Waals surface area (Å²) in [6.45, 7) is 8.84. The number of methoxy groups -OCH3 is 1. The molecule has 0 spiro atoms. The number of amides is 1. The van der Waals surface area contributed by atoms with Crippen LogP contribution < -0.4 is 15.4 Å². The summed E-state index contributed by atoms with van der Waals surface area (Å²) < 4.78 is 10.8. The summed E-state index contributed by atoms with van der Waals surface area (Å²) >= 11 is 5.54. The lowest BCUT2D eigenvalue weighted by molar-refractivity contribution is -0.140. The third kappa shape index (κ3) is 5.75. The van der Waals surface area contributed by atoms with Crippen molar-refractivity contribution >= 4 is 34.9 Å². The van der Waals surface area contributed by atoms with Gasteiger partial charge in [-0.3, -0.25) is 4.79 Å². The highest BCUT2D eigenvalue weighted by atomic mass is 32.1. The van der Waals surface area contributed by atoms with Gasteiger partial charge in [-0.25, -0.2) is 4.79 Å². The zero-order chi connectivity index (χ0) is 24.8. The number of hydrogen-bond acceptors (Lipinski definition) is 5. The average molecular weight is 482 g/mol. The van der Waals surface area contributed by atoms with Crippen LogP contribution in [0.5, 0.6) is 5.75 Å². The fraction of sp³-hybridized carbons (Fsp3) is 0.346. The number of rotatable bonds is 8. The van der Waals surface area contributed by atoms with Gasteiger partial charge in [0.05, 0.1) is 25.3 Å². The maximum absolute atomic E-state index is 13.0. The molecule has 8 heteroatoms. The molecule has 3 rings (SSSR count). The van der Waals surface area contributed by atoms with E-state index in [9.17, 15) is 9.59 Å². The molecule has 0 aliphatic carbocycles. The van der Waals surface area contributed by atoms with Crippen LogP contribution in [0.3, 0.4) is 0 Å². The van der Waals surface area contributed by atoms with E-state index in [0.29, 0.717) is 40.8 Å². The number of nitrogens with zero attached hydrogens (tertiary/aromatic N) is 1. The van der Waals surface area contributed by atoms with Crippen molar-refractivity contribution < 1.29 is 19.1 Å². The predicted molar refractivity (Wildman–Crippen MR) is 137 cm³/mol. The standard InChI is InChI=1S/C26H31N3O4S/c1-6-29-17(4)22(25(31)33-15-16(2)3)23(28-26(29)34)18-10-12-20(13-11-18)27-24(30)19-8-7-9-21(14-19)32-5/h7-14,16,23H,6,15H2,1-5H3,(H,27,30)(H,28,34)/t23-/m1/s1. The van der Waals surface area contributed by atoms with E-state index in [1.807, 2.05) is 44.7 Å². The SMILES string of the molecule is CCN1C(=S)N[C@H](c2ccc(NC(=O)c3cccc(OC)c3)cc2)C(C(=O)OCC(C)C)=C1C. The van der Waals surface area contributed by atoms with Gasteiger partial charge in [0.25, 0.3) is 5.91 Å². The molecule has 0 saturated carbocycles. The van der Waals surface area contributed by atoms with Gasteiger partial charge in [-0.15, -0.1) is 0 Å². The molecule has 180 valence electrons. The van der Waals surface area contributed by atoms with Gasteiger partial charge in [0.2, 0.25) is 0 Å². The number of allylic oxidation sites excluding steroid dienone is 1. The molecule has 0 fully saturated rings. The minimum Gasteiger partial charge on any atom is -0.497 e. The zero-order valence-electron chi connectivity index (χ0n) is 20.2. The Kier molecular flexibility index (Phi) is 8.28. The van der Waals surface area contributed by atoms with Crippen molar-refractivity contribution in [3.05, 3.63) is 70.9 Å². The van der Waals surface area contributed by atoms with Crippen molar-refractivity contribution in [3.63, 3.8) is 0 Å². The minimum absolute atomic E-state index is 0.232. The topological polar surface area (TPSA) is 79.9 Å². The van der Waals surface area contributed by atoms with Gasteiger partial charge in [0, 0.05) is 23.5 Å². The Labute approximate surface area is 206 Å². The van der Waals surface area contributed by atoms with Crippen LogP contribution in [-0.2, 0) is 9.53 Å². The predicted octanol–water partition coefficient (Wildman–Crippen LogP) is 4.67. The zero-order valence-corrected chi connectivity index (χ0v) is 21.0. The largest absolute Gasteiger partial charge is 0.497 e. The summed E-state index contributed by atoms with van der Waals surface area (Å²) in [6, 6.07) is 13.8. The number of thiocarbonyl (C=S) groups is 1. The fourth-order valence-corrected chi connectivity index (χ4v) is 4.11. The van der Waals surface area contributed by atoms with Crippen LogP contribution in [0.1, 0.15) is 49.7 Å². The quantitative estimate of drug-likeness (QED) is 0.419. The monoisotopic (exact) mass is 481 g/mol. The van der Waals surface area contributed by atoms with Crippen LogP contribution in [0.4, 0.5) is 5.69 Å². The number of carbonyl (C=O) groups is 2. The van der Waals surface area contributed by atoms with Gasteiger partial charge in [0.1, 0.15) is 5.75 Å². The minimum atomic E-state index is -0.446. The second-order valence-electron chi connectivity index (χ2n) is 8.43. The molecule has 1 heterocycles. The smallest absolute Gasteiger partial charge is 0.338 e. The van der Waals surface area contributed by atoms with Gasteiger partial charge in [-0.1, -0.05) is 32.0 Å². The highest BCUT2D eigenvalue weighted by Crippen LogP contribution is 2.32. The molecule has 2 aromatic rings. The molecule has 34 heavy (non-hydrogen) atoms. The number of benzene rings is 2. The lowest BCUT2D eigenvalue weighted by Crippen LogP contribution is -2.47. The summed E-state index contributed by atoms with van der Waals surface area (Å²) in [4.78, 5) is 27.5. The van der Waals surface area contributed by atoms with Crippen LogP contribution in [0.2, 0.25) is 0 Å². The third-order valence-electron chi connectivity index (χ3n) is 5.51. The first-order valence-corrected chi connectivity index (χ1v) is 11.7. The van der Waals surface area contributed by atoms with Crippen molar-refractivity contribution in [1.82, 2.24) is 10.2 Å². The van der Waals surface area contributed by atoms with E-state index < -0.39 is 6.04 Å². The number of nitrogens with one attached hydrogen (secondary N) is 2. The van der Waals surface area contributed by atoms with Crippen molar-refractivity contribution in [2.75, 3.05) is 25.6 Å². The Bertz CT molecular complexity index is 1100. The number of ether oxygens (including phenoxy) is 2. The Morgan fingerprint density at radius 3 is 2.50 bits per heavy atom. The first-order chi connectivity index (χ1) is 16.2. The molecule has 1 atom stereocenters. The van der Waals surface area contributed by atoms with E-state index in [0.717, 1.165) is 11.3 Å². The molecule has 0 saturated heterocycles. The molecule has 0 radical (unpaired) electrons. The van der Waals surface area contributed by atoms with Crippen LogP contribution in [0.15, 0.2) is 59.8 Å². The van der Waals surface area contributed by atoms with Crippen LogP contribution in [-0.4, -0.2) is 42.2 Å². The highest BCUT2D eigenvalue weighted by Gasteiger charge is 2.34. The summed E-state index contributed by atoms with van der Waals surface area (Å²) in [5, 5.41) is 6.72. The van der Waals surface area contributed by atoms with E-state index in [-0.39, 0.29) is 17.8 Å². The second kappa shape index (κ2) is 11.2. The molecule has 0 bridgehead atoms. The molecule has 7 nitrogen and oxygen atoms in total. The Morgan fingerprint density at radius 1 is 1.18 bits per heavy atom. The molecule has 1 amide bonds. The fourth-order valence-electron chi connectivity index (χ4n) is 3.72. The Balaban J connectivity index is 1.84. The molecule has 2 aromatic carbocycles. The Hall–Kier alpha value is -3.39. The lowest BCUT2D eigenvalue weighted by Gasteiger charge is -2.37. The molecular weight excluding hydrogens is 450 g/mol. The summed E-state index contributed by atoms with van der Waals surface area (Å²) in [5.74, 6) is 0.245. The van der Waals surface area contributed by atoms with Gasteiger partial charge in [0.15, 0.2) is 5.11 Å². The number of anilines is 1.